The van der Waals surface area contributed by atoms with Crippen LogP contribution in [0.4, 0.5) is 4.39 Å². The molecular weight excluding hydrogens is 227 g/mol. The average Bonchev–Trinajstić information content (AvgIpc) is 2.29. The molecule has 0 aliphatic heterocycles. The second-order valence-electron chi connectivity index (χ2n) is 3.43. The smallest absolute Gasteiger partial charge is 0.255 e. The molecule has 1 aromatic heterocycles. The zero-order chi connectivity index (χ0) is 12.0. The minimum atomic E-state index is -0.724. The molecule has 0 bridgehead atoms. The van der Waals surface area contributed by atoms with Crippen LogP contribution in [0.1, 0.15) is 23.7 Å². The van der Waals surface area contributed by atoms with Gasteiger partial charge in [0.1, 0.15) is 0 Å². The summed E-state index contributed by atoms with van der Waals surface area (Å²) in [5.74, 6) is -1.13. The maximum atomic E-state index is 13.1. The summed E-state index contributed by atoms with van der Waals surface area (Å²) in [5.41, 5.74) is -0.000644. The zero-order valence-corrected chi connectivity index (χ0v) is 10.2. The largest absolute Gasteiger partial charge is 0.352 e. The number of amides is 1. The second kappa shape index (κ2) is 6.48. The molecular formula is C11H15FN2OS. The Kier molecular flexibility index (Phi) is 5.25. The number of rotatable bonds is 5. The third-order valence-corrected chi connectivity index (χ3v) is 3.28. The van der Waals surface area contributed by atoms with Crippen molar-refractivity contribution in [3.8, 4) is 0 Å². The Morgan fingerprint density at radius 2 is 2.44 bits per heavy atom. The van der Waals surface area contributed by atoms with Crippen LogP contribution in [0.25, 0.3) is 0 Å². The molecule has 1 heterocycles. The molecule has 0 fully saturated rings. The molecule has 0 saturated heterocycles. The highest BCUT2D eigenvalue weighted by molar-refractivity contribution is 7.99. The van der Waals surface area contributed by atoms with E-state index in [1.165, 1.54) is 12.3 Å². The van der Waals surface area contributed by atoms with Gasteiger partial charge in [-0.05, 0) is 24.8 Å². The number of aromatic nitrogens is 1. The summed E-state index contributed by atoms with van der Waals surface area (Å²) in [6, 6.07) is 2.97. The molecule has 1 unspecified atom stereocenters. The van der Waals surface area contributed by atoms with Crippen molar-refractivity contribution in [2.45, 2.75) is 18.6 Å². The maximum absolute atomic E-state index is 13.1. The Morgan fingerprint density at radius 1 is 1.69 bits per heavy atom. The van der Waals surface area contributed by atoms with Crippen molar-refractivity contribution in [2.75, 3.05) is 12.8 Å². The molecule has 88 valence electrons. The number of carbonyl (C=O) groups is 1. The first-order valence-corrected chi connectivity index (χ1v) is 6.35. The Morgan fingerprint density at radius 3 is 3.06 bits per heavy atom. The summed E-state index contributed by atoms with van der Waals surface area (Å²) >= 11 is 1.74. The van der Waals surface area contributed by atoms with Crippen LogP contribution in [-0.2, 0) is 0 Å². The number of pyridine rings is 1. The lowest BCUT2D eigenvalue weighted by molar-refractivity contribution is 0.0948. The van der Waals surface area contributed by atoms with Crippen molar-refractivity contribution in [3.05, 3.63) is 29.8 Å². The normalized spacial score (nSPS) is 12.2. The molecule has 1 amide bonds. The zero-order valence-electron chi connectivity index (χ0n) is 9.37. The van der Waals surface area contributed by atoms with Crippen LogP contribution in [0.5, 0.6) is 0 Å². The van der Waals surface area contributed by atoms with Crippen LogP contribution in [0.3, 0.4) is 0 Å². The van der Waals surface area contributed by atoms with Crippen molar-refractivity contribution in [3.63, 3.8) is 0 Å². The summed E-state index contributed by atoms with van der Waals surface area (Å²) in [7, 11) is 0. The molecule has 0 aliphatic rings. The highest BCUT2D eigenvalue weighted by Crippen LogP contribution is 2.08. The van der Waals surface area contributed by atoms with Crippen LogP contribution in [-0.4, -0.2) is 28.9 Å². The van der Waals surface area contributed by atoms with Crippen molar-refractivity contribution in [2.24, 2.45) is 0 Å². The Labute approximate surface area is 98.8 Å². The molecule has 1 aromatic rings. The summed E-state index contributed by atoms with van der Waals surface area (Å²) in [6.07, 6.45) is 4.21. The number of carbonyl (C=O) groups excluding carboxylic acids is 1. The van der Waals surface area contributed by atoms with Gasteiger partial charge in [-0.25, -0.2) is 4.98 Å². The predicted molar refractivity (Wildman–Crippen MR) is 64.1 cm³/mol. The van der Waals surface area contributed by atoms with Crippen LogP contribution in [0.15, 0.2) is 18.3 Å². The van der Waals surface area contributed by atoms with Gasteiger partial charge in [-0.3, -0.25) is 4.79 Å². The Hall–Kier alpha value is -1.10. The van der Waals surface area contributed by atoms with Gasteiger partial charge in [0.15, 0.2) is 0 Å². The van der Waals surface area contributed by atoms with Crippen molar-refractivity contribution < 1.29 is 9.18 Å². The van der Waals surface area contributed by atoms with E-state index >= 15 is 0 Å². The van der Waals surface area contributed by atoms with Crippen LogP contribution < -0.4 is 5.32 Å². The molecule has 1 atom stereocenters. The lowest BCUT2D eigenvalue weighted by Gasteiger charge is -2.09. The fourth-order valence-electron chi connectivity index (χ4n) is 1.16. The summed E-state index contributed by atoms with van der Waals surface area (Å²) in [6.45, 7) is 2.64. The fraction of sp³-hybridized carbons (Fsp3) is 0.455. The number of hydrogen-bond donors (Lipinski definition) is 1. The van der Waals surface area contributed by atoms with Gasteiger partial charge in [0.25, 0.3) is 5.91 Å². The van der Waals surface area contributed by atoms with E-state index in [9.17, 15) is 9.18 Å². The van der Waals surface area contributed by atoms with E-state index in [2.05, 4.69) is 17.2 Å². The third kappa shape index (κ3) is 3.81. The van der Waals surface area contributed by atoms with Gasteiger partial charge in [-0.15, -0.1) is 0 Å². The average molecular weight is 242 g/mol. The van der Waals surface area contributed by atoms with E-state index < -0.39 is 11.9 Å². The van der Waals surface area contributed by atoms with Gasteiger partial charge in [-0.1, -0.05) is 6.92 Å². The Bertz CT molecular complexity index is 360. The molecule has 0 spiro atoms. The highest BCUT2D eigenvalue weighted by atomic mass is 32.2. The van der Waals surface area contributed by atoms with Crippen molar-refractivity contribution in [1.82, 2.24) is 10.3 Å². The van der Waals surface area contributed by atoms with Gasteiger partial charge in [0.2, 0.25) is 5.95 Å². The van der Waals surface area contributed by atoms with Gasteiger partial charge < -0.3 is 5.32 Å². The van der Waals surface area contributed by atoms with E-state index in [1.807, 2.05) is 6.26 Å². The van der Waals surface area contributed by atoms with Crippen LogP contribution in [0, 0.1) is 5.95 Å². The number of nitrogens with one attached hydrogen (secondary N) is 1. The molecule has 0 radical (unpaired) electrons. The third-order valence-electron chi connectivity index (χ3n) is 2.24. The van der Waals surface area contributed by atoms with Gasteiger partial charge >= 0.3 is 0 Å². The van der Waals surface area contributed by atoms with Crippen LogP contribution >= 0.6 is 11.8 Å². The maximum Gasteiger partial charge on any atom is 0.255 e. The predicted octanol–water partition coefficient (Wildman–Crippen LogP) is 2.09. The lowest BCUT2D eigenvalue weighted by atomic mass is 10.2. The first-order valence-electron chi connectivity index (χ1n) is 5.06. The minimum absolute atomic E-state index is 0.000644. The highest BCUT2D eigenvalue weighted by Gasteiger charge is 2.11. The molecule has 1 rings (SSSR count). The molecule has 0 saturated carbocycles. The van der Waals surface area contributed by atoms with Crippen molar-refractivity contribution >= 4 is 17.7 Å². The first kappa shape index (κ1) is 13.0. The fourth-order valence-corrected chi connectivity index (χ4v) is 1.51. The second-order valence-corrected chi connectivity index (χ2v) is 4.71. The molecule has 5 heteroatoms. The Balaban J connectivity index is 2.44. The van der Waals surface area contributed by atoms with Crippen LogP contribution in [0.2, 0.25) is 0 Å². The molecule has 16 heavy (non-hydrogen) atoms. The van der Waals surface area contributed by atoms with Gasteiger partial charge in [0, 0.05) is 18.0 Å². The topological polar surface area (TPSA) is 42.0 Å². The minimum Gasteiger partial charge on any atom is -0.352 e. The molecule has 1 N–H and O–H groups in total. The molecule has 0 aromatic carbocycles. The van der Waals surface area contributed by atoms with E-state index in [0.29, 0.717) is 11.8 Å². The number of hydrogen-bond acceptors (Lipinski definition) is 3. The van der Waals surface area contributed by atoms with Crippen molar-refractivity contribution in [1.29, 1.82) is 0 Å². The van der Waals surface area contributed by atoms with Gasteiger partial charge in [-0.2, -0.15) is 16.2 Å². The summed E-state index contributed by atoms with van der Waals surface area (Å²) < 4.78 is 13.1. The van der Waals surface area contributed by atoms with E-state index in [4.69, 9.17) is 0 Å². The standard InChI is InChI=1S/C11H15FN2OS/c1-8(16-2)5-7-14-11(15)9-4-3-6-13-10(9)12/h3-4,6,8H,5,7H2,1-2H3,(H,14,15). The quantitative estimate of drug-likeness (QED) is 0.804. The van der Waals surface area contributed by atoms with E-state index in [0.717, 1.165) is 6.42 Å². The first-order chi connectivity index (χ1) is 7.65. The SMILES string of the molecule is CSC(C)CCNC(=O)c1cccnc1F. The lowest BCUT2D eigenvalue weighted by Crippen LogP contribution is -2.27. The number of halogens is 1. The molecule has 3 nitrogen and oxygen atoms in total. The summed E-state index contributed by atoms with van der Waals surface area (Å²) in [5, 5.41) is 3.16. The van der Waals surface area contributed by atoms with Gasteiger partial charge in [0.05, 0.1) is 5.56 Å². The van der Waals surface area contributed by atoms with E-state index in [1.54, 1.807) is 17.8 Å². The number of nitrogens with zero attached hydrogens (tertiary/aromatic N) is 1. The van der Waals surface area contributed by atoms with E-state index in [-0.39, 0.29) is 5.56 Å². The molecule has 0 aliphatic carbocycles. The number of thioether (sulfide) groups is 1. The summed E-state index contributed by atoms with van der Waals surface area (Å²) in [4.78, 5) is 15.0. The monoisotopic (exact) mass is 242 g/mol.